The molecule has 6 aromatic rings. The van der Waals surface area contributed by atoms with Gasteiger partial charge in [0.1, 0.15) is 48.0 Å². The normalized spacial score (nSPS) is 19.4. The number of amides is 1. The Morgan fingerprint density at radius 1 is 0.806 bits per heavy atom. The van der Waals surface area contributed by atoms with Gasteiger partial charge in [-0.15, -0.1) is 0 Å². The van der Waals surface area contributed by atoms with E-state index in [4.69, 9.17) is 28.9 Å². The highest BCUT2D eigenvalue weighted by atomic mass is 16.6. The number of hydrogen-bond donors (Lipinski definition) is 0. The van der Waals surface area contributed by atoms with Crippen LogP contribution in [0.3, 0.4) is 0 Å². The predicted molar refractivity (Wildman–Crippen MR) is 240 cm³/mol. The van der Waals surface area contributed by atoms with Crippen molar-refractivity contribution in [2.45, 2.75) is 89.1 Å². The third kappa shape index (κ3) is 7.73. The third-order valence-corrected chi connectivity index (χ3v) is 13.0. The molecule has 10 rings (SSSR count). The molecule has 4 aliphatic heterocycles. The van der Waals surface area contributed by atoms with E-state index in [1.165, 1.54) is 12.8 Å². The molecule has 4 fully saturated rings. The molecule has 4 aliphatic rings. The largest absolute Gasteiger partial charge is 0.489 e. The fraction of sp³-hybridized carbons (Fsp3) is 0.373. The first-order valence-electron chi connectivity index (χ1n) is 22.0. The number of carbonyl (C=O) groups is 1. The Bertz CT molecular complexity index is 2670. The van der Waals surface area contributed by atoms with E-state index in [1.807, 2.05) is 80.3 Å². The van der Waals surface area contributed by atoms with E-state index in [2.05, 4.69) is 58.3 Å². The SMILES string of the molecule is CC(C)(C)OC(=O)N1[C@@H]2CC[C@H]1CN(c1nc(OCC34CCCN3CCC4)nc3cc(-c4cc(OCc5ccccc5)cc5ccccc45)c(Oc4ccccc4C#N)cc13)C2. The Labute approximate surface area is 362 Å². The maximum Gasteiger partial charge on any atom is 0.410 e. The average molecular weight is 829 g/mol. The number of aromatic nitrogens is 2. The van der Waals surface area contributed by atoms with Crippen molar-refractivity contribution < 1.29 is 23.7 Å². The highest BCUT2D eigenvalue weighted by Gasteiger charge is 2.46. The lowest BCUT2D eigenvalue weighted by Gasteiger charge is -2.42. The predicted octanol–water partition coefficient (Wildman–Crippen LogP) is 10.3. The van der Waals surface area contributed by atoms with Crippen LogP contribution in [0.15, 0.2) is 103 Å². The minimum Gasteiger partial charge on any atom is -0.489 e. The second-order valence-electron chi connectivity index (χ2n) is 18.3. The van der Waals surface area contributed by atoms with Crippen LogP contribution in [0.2, 0.25) is 0 Å². The van der Waals surface area contributed by atoms with Crippen molar-refractivity contribution in [3.63, 3.8) is 0 Å². The number of rotatable bonds is 10. The first kappa shape index (κ1) is 39.7. The summed E-state index contributed by atoms with van der Waals surface area (Å²) in [6.45, 7) is 10.0. The van der Waals surface area contributed by atoms with E-state index < -0.39 is 5.60 Å². The highest BCUT2D eigenvalue weighted by molar-refractivity contribution is 6.03. The summed E-state index contributed by atoms with van der Waals surface area (Å²) in [5.41, 5.74) is 3.30. The summed E-state index contributed by atoms with van der Waals surface area (Å²) in [6.07, 6.45) is 6.04. The number of benzene rings is 5. The van der Waals surface area contributed by atoms with Gasteiger partial charge in [0, 0.05) is 24.0 Å². The summed E-state index contributed by atoms with van der Waals surface area (Å²) in [5.74, 6) is 2.44. The van der Waals surface area contributed by atoms with E-state index in [-0.39, 0.29) is 23.7 Å². The summed E-state index contributed by atoms with van der Waals surface area (Å²) < 4.78 is 25.9. The van der Waals surface area contributed by atoms with E-state index in [1.54, 1.807) is 6.07 Å². The molecule has 316 valence electrons. The molecule has 1 amide bonds. The number of carbonyl (C=O) groups excluding carboxylic acids is 1. The highest BCUT2D eigenvalue weighted by Crippen LogP contribution is 2.45. The van der Waals surface area contributed by atoms with Crippen LogP contribution < -0.4 is 19.1 Å². The van der Waals surface area contributed by atoms with Gasteiger partial charge in [-0.05, 0) is 131 Å². The van der Waals surface area contributed by atoms with Crippen LogP contribution in [0.1, 0.15) is 70.4 Å². The Morgan fingerprint density at radius 3 is 2.29 bits per heavy atom. The molecule has 0 spiro atoms. The number of nitriles is 1. The number of piperazine rings is 1. The van der Waals surface area contributed by atoms with Gasteiger partial charge in [0.25, 0.3) is 0 Å². The number of hydrogen-bond acceptors (Lipinski definition) is 10. The molecule has 5 heterocycles. The Hall–Kier alpha value is -6.38. The molecular formula is C51H52N6O5. The fourth-order valence-corrected chi connectivity index (χ4v) is 10.2. The van der Waals surface area contributed by atoms with Gasteiger partial charge in [0.15, 0.2) is 0 Å². The third-order valence-electron chi connectivity index (χ3n) is 13.0. The molecule has 0 saturated carbocycles. The number of para-hydroxylation sites is 1. The number of fused-ring (bicyclic) bond motifs is 5. The maximum atomic E-state index is 13.5. The molecule has 2 atom stereocenters. The van der Waals surface area contributed by atoms with Crippen molar-refractivity contribution in [3.05, 3.63) is 114 Å². The van der Waals surface area contributed by atoms with Gasteiger partial charge in [-0.1, -0.05) is 66.7 Å². The zero-order chi connectivity index (χ0) is 42.4. The molecular weight excluding hydrogens is 777 g/mol. The summed E-state index contributed by atoms with van der Waals surface area (Å²) in [4.78, 5) is 30.8. The van der Waals surface area contributed by atoms with Gasteiger partial charge in [-0.2, -0.15) is 15.2 Å². The maximum absolute atomic E-state index is 13.5. The van der Waals surface area contributed by atoms with Crippen LogP contribution in [0, 0.1) is 11.3 Å². The summed E-state index contributed by atoms with van der Waals surface area (Å²) in [5, 5.41) is 13.0. The van der Waals surface area contributed by atoms with Crippen molar-refractivity contribution in [1.29, 1.82) is 5.26 Å². The van der Waals surface area contributed by atoms with E-state index in [0.29, 0.717) is 60.6 Å². The molecule has 11 nitrogen and oxygen atoms in total. The first-order chi connectivity index (χ1) is 30.1. The Kier molecular flexibility index (Phi) is 10.3. The van der Waals surface area contributed by atoms with Crippen LogP contribution in [0.25, 0.3) is 32.8 Å². The molecule has 11 heteroatoms. The number of ether oxygens (including phenoxy) is 4. The van der Waals surface area contributed by atoms with Crippen LogP contribution in [0.4, 0.5) is 10.6 Å². The Morgan fingerprint density at radius 2 is 1.53 bits per heavy atom. The topological polar surface area (TPSA) is 113 Å². The number of nitrogens with zero attached hydrogens (tertiary/aromatic N) is 6. The second-order valence-corrected chi connectivity index (χ2v) is 18.3. The zero-order valence-corrected chi connectivity index (χ0v) is 35.7. The quantitative estimate of drug-likeness (QED) is 0.132. The molecule has 0 unspecified atom stereocenters. The standard InChI is InChI=1S/C51H52N6O5/c1-50(2,3)62-49(58)57-37-19-20-38(57)31-55(30-37)47-43-28-46(61-45-18-10-8-16-36(45)29-52)42(27-44(43)53-48(54-47)60-33-51-21-11-23-56(51)24-12-22-51)41-26-39(25-35-15-7-9-17-40(35)41)59-32-34-13-5-4-6-14-34/h4-10,13-18,25-28,37-38H,11-12,19-24,30-33H2,1-3H3/t37-,38+. The zero-order valence-electron chi connectivity index (χ0n) is 35.7. The van der Waals surface area contributed by atoms with Gasteiger partial charge in [-0.25, -0.2) is 4.79 Å². The lowest BCUT2D eigenvalue weighted by Crippen LogP contribution is -2.57. The second kappa shape index (κ2) is 16.1. The molecule has 0 N–H and O–H groups in total. The minimum atomic E-state index is -0.590. The van der Waals surface area contributed by atoms with Crippen molar-refractivity contribution in [2.24, 2.45) is 0 Å². The van der Waals surface area contributed by atoms with Crippen molar-refractivity contribution in [2.75, 3.05) is 37.7 Å². The molecule has 1 aromatic heterocycles. The van der Waals surface area contributed by atoms with Crippen molar-refractivity contribution >= 4 is 33.6 Å². The van der Waals surface area contributed by atoms with Crippen LogP contribution >= 0.6 is 0 Å². The van der Waals surface area contributed by atoms with Gasteiger partial charge in [0.2, 0.25) is 0 Å². The van der Waals surface area contributed by atoms with Gasteiger partial charge >= 0.3 is 12.1 Å². The van der Waals surface area contributed by atoms with Crippen LogP contribution in [0.5, 0.6) is 23.3 Å². The number of anilines is 1. The van der Waals surface area contributed by atoms with E-state index in [9.17, 15) is 10.1 Å². The van der Waals surface area contributed by atoms with Crippen LogP contribution in [-0.2, 0) is 11.3 Å². The molecule has 2 bridgehead atoms. The molecule has 0 aliphatic carbocycles. The molecule has 0 radical (unpaired) electrons. The van der Waals surface area contributed by atoms with Crippen molar-refractivity contribution in [3.8, 4) is 40.5 Å². The van der Waals surface area contributed by atoms with Crippen LogP contribution in [-0.4, -0.2) is 81.9 Å². The average Bonchev–Trinajstić information content (AvgIpc) is 3.94. The molecule has 5 aromatic carbocycles. The minimum absolute atomic E-state index is 0.00667. The van der Waals surface area contributed by atoms with Gasteiger partial charge in [0.05, 0.1) is 28.7 Å². The Balaban J connectivity index is 1.12. The van der Waals surface area contributed by atoms with Gasteiger partial charge in [-0.3, -0.25) is 9.80 Å². The lowest BCUT2D eigenvalue weighted by molar-refractivity contribution is 0.0122. The first-order valence-corrected chi connectivity index (χ1v) is 22.0. The van der Waals surface area contributed by atoms with E-state index in [0.717, 1.165) is 77.4 Å². The summed E-state index contributed by atoms with van der Waals surface area (Å²) >= 11 is 0. The summed E-state index contributed by atoms with van der Waals surface area (Å²) in [7, 11) is 0. The molecule has 4 saturated heterocycles. The monoisotopic (exact) mass is 828 g/mol. The summed E-state index contributed by atoms with van der Waals surface area (Å²) in [6, 6.07) is 36.5. The smallest absolute Gasteiger partial charge is 0.410 e. The van der Waals surface area contributed by atoms with Crippen molar-refractivity contribution in [1.82, 2.24) is 19.8 Å². The fourth-order valence-electron chi connectivity index (χ4n) is 10.2. The van der Waals surface area contributed by atoms with E-state index >= 15 is 0 Å². The lowest BCUT2D eigenvalue weighted by atomic mass is 9.95. The molecule has 62 heavy (non-hydrogen) atoms. The van der Waals surface area contributed by atoms with Gasteiger partial charge < -0.3 is 23.8 Å².